The summed E-state index contributed by atoms with van der Waals surface area (Å²) in [6, 6.07) is 13.7. The van der Waals surface area contributed by atoms with Crippen LogP contribution in [0.15, 0.2) is 42.6 Å². The van der Waals surface area contributed by atoms with Gasteiger partial charge < -0.3 is 10.5 Å². The molecule has 0 aliphatic heterocycles. The van der Waals surface area contributed by atoms with Crippen molar-refractivity contribution in [1.82, 2.24) is 4.98 Å². The van der Waals surface area contributed by atoms with Crippen molar-refractivity contribution in [3.8, 4) is 11.8 Å². The molecule has 0 fully saturated rings. The van der Waals surface area contributed by atoms with Crippen LogP contribution in [-0.4, -0.2) is 4.98 Å². The van der Waals surface area contributed by atoms with E-state index < -0.39 is 0 Å². The summed E-state index contributed by atoms with van der Waals surface area (Å²) >= 11 is 0. The molecule has 2 N–H and O–H groups in total. The molecule has 1 heterocycles. The van der Waals surface area contributed by atoms with Crippen molar-refractivity contribution in [2.24, 2.45) is 5.73 Å². The van der Waals surface area contributed by atoms with Gasteiger partial charge in [0.15, 0.2) is 0 Å². The molecule has 100 valence electrons. The molecule has 3 rings (SSSR count). The average molecular weight is 265 g/mol. The molecule has 4 heteroatoms. The van der Waals surface area contributed by atoms with E-state index in [0.29, 0.717) is 11.4 Å². The number of benzene rings is 1. The lowest BCUT2D eigenvalue weighted by atomic mass is 9.86. The zero-order valence-corrected chi connectivity index (χ0v) is 11.0. The molecule has 4 nitrogen and oxygen atoms in total. The highest BCUT2D eigenvalue weighted by Gasteiger charge is 2.26. The third-order valence-corrected chi connectivity index (χ3v) is 3.61. The molecule has 0 radical (unpaired) electrons. The molecule has 2 aromatic rings. The van der Waals surface area contributed by atoms with Crippen LogP contribution in [0.2, 0.25) is 0 Å². The van der Waals surface area contributed by atoms with Crippen molar-refractivity contribution in [1.29, 1.82) is 5.26 Å². The minimum absolute atomic E-state index is 0.000681. The molecule has 0 saturated heterocycles. The topological polar surface area (TPSA) is 71.9 Å². The van der Waals surface area contributed by atoms with Crippen LogP contribution in [0.4, 0.5) is 0 Å². The largest absolute Gasteiger partial charge is 0.484 e. The molecule has 0 spiro atoms. The van der Waals surface area contributed by atoms with Crippen LogP contribution in [0, 0.1) is 11.3 Å². The van der Waals surface area contributed by atoms with Crippen LogP contribution in [0.25, 0.3) is 0 Å². The summed E-state index contributed by atoms with van der Waals surface area (Å²) in [6.45, 7) is 0. The fourth-order valence-electron chi connectivity index (χ4n) is 2.59. The van der Waals surface area contributed by atoms with Crippen LogP contribution < -0.4 is 10.5 Å². The second-order valence-corrected chi connectivity index (χ2v) is 4.91. The molecule has 1 aromatic carbocycles. The lowest BCUT2D eigenvalue weighted by molar-refractivity contribution is 0.176. The van der Waals surface area contributed by atoms with Crippen molar-refractivity contribution < 1.29 is 4.74 Å². The predicted molar refractivity (Wildman–Crippen MR) is 74.9 cm³/mol. The number of aromatic nitrogens is 1. The number of pyridine rings is 1. The number of fused-ring (bicyclic) bond motifs is 1. The lowest BCUT2D eigenvalue weighted by Gasteiger charge is -2.29. The van der Waals surface area contributed by atoms with Crippen LogP contribution in [0.5, 0.6) is 5.75 Å². The third kappa shape index (κ3) is 2.36. The monoisotopic (exact) mass is 265 g/mol. The smallest absolute Gasteiger partial charge is 0.140 e. The number of nitriles is 1. The zero-order valence-electron chi connectivity index (χ0n) is 11.0. The minimum Gasteiger partial charge on any atom is -0.484 e. The van der Waals surface area contributed by atoms with Gasteiger partial charge in [0.25, 0.3) is 0 Å². The SMILES string of the molecule is N#Cc1ccc(O[C@@H]2CC[C@H](N)c3ccccc32)cn1. The Balaban J connectivity index is 1.85. The first-order valence-electron chi connectivity index (χ1n) is 6.65. The second-order valence-electron chi connectivity index (χ2n) is 4.91. The molecule has 1 aliphatic rings. The maximum absolute atomic E-state index is 8.74. The van der Waals surface area contributed by atoms with Gasteiger partial charge >= 0.3 is 0 Å². The van der Waals surface area contributed by atoms with Gasteiger partial charge in [0.05, 0.1) is 6.20 Å². The number of hydrogen-bond acceptors (Lipinski definition) is 4. The van der Waals surface area contributed by atoms with Gasteiger partial charge in [0.2, 0.25) is 0 Å². The van der Waals surface area contributed by atoms with Crippen molar-refractivity contribution in [3.05, 3.63) is 59.4 Å². The van der Waals surface area contributed by atoms with Crippen molar-refractivity contribution in [2.45, 2.75) is 25.0 Å². The Morgan fingerprint density at radius 1 is 1.15 bits per heavy atom. The zero-order chi connectivity index (χ0) is 13.9. The number of ether oxygens (including phenoxy) is 1. The van der Waals surface area contributed by atoms with Crippen molar-refractivity contribution in [3.63, 3.8) is 0 Å². The van der Waals surface area contributed by atoms with Crippen LogP contribution >= 0.6 is 0 Å². The van der Waals surface area contributed by atoms with Gasteiger partial charge in [-0.3, -0.25) is 0 Å². The van der Waals surface area contributed by atoms with Gasteiger partial charge in [0, 0.05) is 6.04 Å². The van der Waals surface area contributed by atoms with Gasteiger partial charge in [-0.1, -0.05) is 24.3 Å². The fraction of sp³-hybridized carbons (Fsp3) is 0.250. The van der Waals surface area contributed by atoms with Crippen LogP contribution in [-0.2, 0) is 0 Å². The normalized spacial score (nSPS) is 20.8. The van der Waals surface area contributed by atoms with Gasteiger partial charge in [-0.15, -0.1) is 0 Å². The minimum atomic E-state index is 0.000681. The van der Waals surface area contributed by atoms with E-state index in [4.69, 9.17) is 15.7 Å². The van der Waals surface area contributed by atoms with Gasteiger partial charge in [0.1, 0.15) is 23.6 Å². The van der Waals surface area contributed by atoms with Gasteiger partial charge in [-0.05, 0) is 36.1 Å². The molecule has 1 aromatic heterocycles. The Morgan fingerprint density at radius 2 is 1.95 bits per heavy atom. The van der Waals surface area contributed by atoms with E-state index >= 15 is 0 Å². The van der Waals surface area contributed by atoms with E-state index in [0.717, 1.165) is 24.0 Å². The summed E-state index contributed by atoms with van der Waals surface area (Å²) in [5, 5.41) is 8.74. The van der Waals surface area contributed by atoms with Crippen molar-refractivity contribution in [2.75, 3.05) is 0 Å². The first-order valence-corrected chi connectivity index (χ1v) is 6.65. The molecular formula is C16H15N3O. The molecular weight excluding hydrogens is 250 g/mol. The predicted octanol–water partition coefficient (Wildman–Crippen LogP) is 2.87. The summed E-state index contributed by atoms with van der Waals surface area (Å²) < 4.78 is 6.00. The number of rotatable bonds is 2. The number of nitrogens with zero attached hydrogens (tertiary/aromatic N) is 2. The summed E-state index contributed by atoms with van der Waals surface area (Å²) in [6.07, 6.45) is 3.39. The fourth-order valence-corrected chi connectivity index (χ4v) is 2.59. The summed E-state index contributed by atoms with van der Waals surface area (Å²) in [5.41, 5.74) is 8.83. The lowest BCUT2D eigenvalue weighted by Crippen LogP contribution is -2.23. The van der Waals surface area contributed by atoms with Gasteiger partial charge in [-0.2, -0.15) is 5.26 Å². The Morgan fingerprint density at radius 3 is 2.65 bits per heavy atom. The molecule has 1 aliphatic carbocycles. The quantitative estimate of drug-likeness (QED) is 0.906. The Kier molecular flexibility index (Phi) is 3.36. The number of nitrogens with two attached hydrogens (primary N) is 1. The summed E-state index contributed by atoms with van der Waals surface area (Å²) in [4.78, 5) is 4.02. The Hall–Kier alpha value is -2.38. The number of hydrogen-bond donors (Lipinski definition) is 1. The Bertz CT molecular complexity index is 646. The maximum atomic E-state index is 8.74. The highest BCUT2D eigenvalue weighted by Crippen LogP contribution is 2.37. The van der Waals surface area contributed by atoms with Gasteiger partial charge in [-0.25, -0.2) is 4.98 Å². The second kappa shape index (κ2) is 5.32. The molecule has 0 saturated carbocycles. The molecule has 20 heavy (non-hydrogen) atoms. The molecule has 0 unspecified atom stereocenters. The van der Waals surface area contributed by atoms with E-state index in [-0.39, 0.29) is 12.1 Å². The van der Waals surface area contributed by atoms with E-state index in [1.54, 1.807) is 18.3 Å². The first-order chi connectivity index (χ1) is 9.78. The van der Waals surface area contributed by atoms with Crippen LogP contribution in [0.1, 0.15) is 41.8 Å². The molecule has 0 bridgehead atoms. The summed E-state index contributed by atoms with van der Waals surface area (Å²) in [7, 11) is 0. The standard InChI is InChI=1S/C16H15N3O/c17-9-11-5-6-12(10-19-11)20-16-8-7-15(18)13-3-1-2-4-14(13)16/h1-6,10,15-16H,7-8,18H2/t15-,16+/m0/s1. The van der Waals surface area contributed by atoms with Crippen LogP contribution in [0.3, 0.4) is 0 Å². The van der Waals surface area contributed by atoms with E-state index in [9.17, 15) is 0 Å². The molecule has 2 atom stereocenters. The first kappa shape index (κ1) is 12.6. The van der Waals surface area contributed by atoms with E-state index in [1.165, 1.54) is 0 Å². The molecule has 0 amide bonds. The van der Waals surface area contributed by atoms with E-state index in [2.05, 4.69) is 17.1 Å². The Labute approximate surface area is 117 Å². The third-order valence-electron chi connectivity index (χ3n) is 3.61. The van der Waals surface area contributed by atoms with Crippen molar-refractivity contribution >= 4 is 0 Å². The summed E-state index contributed by atoms with van der Waals surface area (Å²) in [5.74, 6) is 0.680. The van der Waals surface area contributed by atoms with E-state index in [1.807, 2.05) is 18.2 Å². The average Bonchev–Trinajstić information content (AvgIpc) is 2.51. The highest BCUT2D eigenvalue weighted by atomic mass is 16.5. The maximum Gasteiger partial charge on any atom is 0.140 e. The highest BCUT2D eigenvalue weighted by molar-refractivity contribution is 5.35.